The second kappa shape index (κ2) is 4.61. The molecule has 0 aliphatic carbocycles. The highest BCUT2D eigenvalue weighted by molar-refractivity contribution is 5.97. The van der Waals surface area contributed by atoms with Crippen molar-refractivity contribution in [3.63, 3.8) is 0 Å². The number of hydrogen-bond donors (Lipinski definition) is 1. The molecule has 0 fully saturated rings. The molecular formula is C13H11N5O2. The number of nitro benzene ring substituents is 1. The molecule has 2 aromatic heterocycles. The summed E-state index contributed by atoms with van der Waals surface area (Å²) < 4.78 is 1.67. The van der Waals surface area contributed by atoms with Crippen molar-refractivity contribution in [2.45, 2.75) is 0 Å². The second-order valence-electron chi connectivity index (χ2n) is 4.29. The number of benzene rings is 1. The summed E-state index contributed by atoms with van der Waals surface area (Å²) in [4.78, 5) is 14.8. The second-order valence-corrected chi connectivity index (χ2v) is 4.29. The third-order valence-corrected chi connectivity index (χ3v) is 2.92. The van der Waals surface area contributed by atoms with Crippen molar-refractivity contribution in [3.05, 3.63) is 52.8 Å². The molecule has 20 heavy (non-hydrogen) atoms. The predicted octanol–water partition coefficient (Wildman–Crippen LogP) is 2.62. The molecule has 7 heteroatoms. The Balaban J connectivity index is 2.12. The smallest absolute Gasteiger partial charge is 0.278 e. The molecule has 7 nitrogen and oxygen atoms in total. The number of aromatic nitrogens is 3. The van der Waals surface area contributed by atoms with Crippen LogP contribution in [0, 0.1) is 10.1 Å². The van der Waals surface area contributed by atoms with Gasteiger partial charge in [-0.05, 0) is 18.2 Å². The molecule has 0 unspecified atom stereocenters. The summed E-state index contributed by atoms with van der Waals surface area (Å²) in [5.74, 6) is 0.660. The molecule has 0 spiro atoms. The van der Waals surface area contributed by atoms with Crippen LogP contribution < -0.4 is 5.32 Å². The average Bonchev–Trinajstić information content (AvgIpc) is 2.84. The first-order chi connectivity index (χ1) is 9.65. The number of hydrogen-bond acceptors (Lipinski definition) is 5. The number of fused-ring (bicyclic) bond motifs is 1. The number of nitrogens with zero attached hydrogens (tertiary/aromatic N) is 4. The molecule has 1 aromatic carbocycles. The lowest BCUT2D eigenvalue weighted by atomic mass is 10.1. The Kier molecular flexibility index (Phi) is 2.79. The highest BCUT2D eigenvalue weighted by atomic mass is 16.6. The van der Waals surface area contributed by atoms with E-state index >= 15 is 0 Å². The molecule has 100 valence electrons. The minimum Gasteiger partial charge on any atom is -0.337 e. The van der Waals surface area contributed by atoms with E-state index in [1.807, 2.05) is 19.3 Å². The van der Waals surface area contributed by atoms with Crippen LogP contribution >= 0.6 is 0 Å². The van der Waals surface area contributed by atoms with E-state index in [1.54, 1.807) is 29.1 Å². The van der Waals surface area contributed by atoms with E-state index in [0.29, 0.717) is 22.4 Å². The van der Waals surface area contributed by atoms with Gasteiger partial charge in [0.2, 0.25) is 0 Å². The highest BCUT2D eigenvalue weighted by Gasteiger charge is 2.15. The van der Waals surface area contributed by atoms with Crippen molar-refractivity contribution in [1.82, 2.24) is 14.8 Å². The molecule has 3 aromatic rings. The number of anilines is 2. The SMILES string of the molecule is Cn1ccc(Nc2ccc([N+](=O)[O-])c3cccnc23)n1. The molecule has 3 rings (SSSR count). The normalized spacial score (nSPS) is 10.7. The fourth-order valence-electron chi connectivity index (χ4n) is 2.04. The molecule has 0 atom stereocenters. The van der Waals surface area contributed by atoms with Crippen LogP contribution in [0.4, 0.5) is 17.2 Å². The van der Waals surface area contributed by atoms with Gasteiger partial charge < -0.3 is 5.32 Å². The van der Waals surface area contributed by atoms with E-state index in [-0.39, 0.29) is 5.69 Å². The predicted molar refractivity (Wildman–Crippen MR) is 74.9 cm³/mol. The summed E-state index contributed by atoms with van der Waals surface area (Å²) in [5, 5.41) is 18.9. The monoisotopic (exact) mass is 269 g/mol. The van der Waals surface area contributed by atoms with Crippen molar-refractivity contribution in [1.29, 1.82) is 0 Å². The van der Waals surface area contributed by atoms with Crippen LogP contribution in [0.25, 0.3) is 10.9 Å². The number of pyridine rings is 1. The van der Waals surface area contributed by atoms with E-state index < -0.39 is 4.92 Å². The first-order valence-corrected chi connectivity index (χ1v) is 5.94. The lowest BCUT2D eigenvalue weighted by molar-refractivity contribution is -0.383. The van der Waals surface area contributed by atoms with Gasteiger partial charge in [0.25, 0.3) is 5.69 Å². The summed E-state index contributed by atoms with van der Waals surface area (Å²) in [6.45, 7) is 0. The van der Waals surface area contributed by atoms with Crippen LogP contribution in [0.1, 0.15) is 0 Å². The third kappa shape index (κ3) is 2.05. The topological polar surface area (TPSA) is 85.9 Å². The van der Waals surface area contributed by atoms with Gasteiger partial charge in [-0.15, -0.1) is 0 Å². The molecule has 0 aliphatic heterocycles. The van der Waals surface area contributed by atoms with E-state index in [1.165, 1.54) is 6.07 Å². The standard InChI is InChI=1S/C13H11N5O2/c1-17-8-6-12(16-17)15-10-4-5-11(18(19)20)9-3-2-7-14-13(9)10/h2-8H,1H3,(H,15,16). The summed E-state index contributed by atoms with van der Waals surface area (Å²) in [5.41, 5.74) is 1.27. The summed E-state index contributed by atoms with van der Waals surface area (Å²) in [6, 6.07) is 8.29. The van der Waals surface area contributed by atoms with Crippen LogP contribution in [0.2, 0.25) is 0 Å². The van der Waals surface area contributed by atoms with Gasteiger partial charge in [0.05, 0.1) is 16.0 Å². The Morgan fingerprint density at radius 3 is 2.85 bits per heavy atom. The molecular weight excluding hydrogens is 258 g/mol. The maximum atomic E-state index is 11.0. The minimum absolute atomic E-state index is 0.0414. The summed E-state index contributed by atoms with van der Waals surface area (Å²) in [7, 11) is 1.82. The van der Waals surface area contributed by atoms with Gasteiger partial charge in [-0.1, -0.05) is 0 Å². The van der Waals surface area contributed by atoms with Crippen LogP contribution in [0.5, 0.6) is 0 Å². The third-order valence-electron chi connectivity index (χ3n) is 2.92. The molecule has 0 saturated carbocycles. The van der Waals surface area contributed by atoms with Crippen molar-refractivity contribution in [2.24, 2.45) is 7.05 Å². The van der Waals surface area contributed by atoms with Crippen LogP contribution in [0.15, 0.2) is 42.7 Å². The Morgan fingerprint density at radius 1 is 1.30 bits per heavy atom. The number of nitro groups is 1. The zero-order chi connectivity index (χ0) is 14.1. The molecule has 0 aliphatic rings. The van der Waals surface area contributed by atoms with Crippen molar-refractivity contribution in [2.75, 3.05) is 5.32 Å². The van der Waals surface area contributed by atoms with Gasteiger partial charge in [-0.25, -0.2) is 0 Å². The molecule has 0 radical (unpaired) electrons. The quantitative estimate of drug-likeness (QED) is 0.583. The summed E-state index contributed by atoms with van der Waals surface area (Å²) >= 11 is 0. The van der Waals surface area contributed by atoms with Crippen LogP contribution in [-0.4, -0.2) is 19.7 Å². The van der Waals surface area contributed by atoms with Gasteiger partial charge in [-0.3, -0.25) is 19.8 Å². The molecule has 0 saturated heterocycles. The Labute approximate surface area is 114 Å². The van der Waals surface area contributed by atoms with Crippen molar-refractivity contribution >= 4 is 28.1 Å². The van der Waals surface area contributed by atoms with Gasteiger partial charge in [0, 0.05) is 31.6 Å². The zero-order valence-corrected chi connectivity index (χ0v) is 10.6. The summed E-state index contributed by atoms with van der Waals surface area (Å²) in [6.07, 6.45) is 3.42. The fraction of sp³-hybridized carbons (Fsp3) is 0.0769. The largest absolute Gasteiger partial charge is 0.337 e. The maximum Gasteiger partial charge on any atom is 0.278 e. The molecule has 0 bridgehead atoms. The minimum atomic E-state index is -0.408. The number of rotatable bonds is 3. The first-order valence-electron chi connectivity index (χ1n) is 5.94. The maximum absolute atomic E-state index is 11.0. The van der Waals surface area contributed by atoms with Gasteiger partial charge in [0.15, 0.2) is 5.82 Å². The fourth-order valence-corrected chi connectivity index (χ4v) is 2.04. The van der Waals surface area contributed by atoms with Crippen LogP contribution in [-0.2, 0) is 7.05 Å². The molecule has 1 N–H and O–H groups in total. The Morgan fingerprint density at radius 2 is 2.15 bits per heavy atom. The van der Waals surface area contributed by atoms with Gasteiger partial charge in [0.1, 0.15) is 5.52 Å². The zero-order valence-electron chi connectivity index (χ0n) is 10.6. The molecule has 2 heterocycles. The number of aryl methyl sites for hydroxylation is 1. The lowest BCUT2D eigenvalue weighted by Crippen LogP contribution is -1.97. The number of non-ortho nitro benzene ring substituents is 1. The van der Waals surface area contributed by atoms with E-state index in [9.17, 15) is 10.1 Å². The first kappa shape index (κ1) is 12.1. The van der Waals surface area contributed by atoms with Crippen molar-refractivity contribution < 1.29 is 4.92 Å². The number of nitrogens with one attached hydrogen (secondary N) is 1. The van der Waals surface area contributed by atoms with E-state index in [4.69, 9.17) is 0 Å². The van der Waals surface area contributed by atoms with Gasteiger partial charge in [-0.2, -0.15) is 5.10 Å². The average molecular weight is 269 g/mol. The van der Waals surface area contributed by atoms with Crippen LogP contribution in [0.3, 0.4) is 0 Å². The van der Waals surface area contributed by atoms with E-state index in [2.05, 4.69) is 15.4 Å². The Bertz CT molecular complexity index is 796. The molecule has 0 amide bonds. The lowest BCUT2D eigenvalue weighted by Gasteiger charge is -2.07. The van der Waals surface area contributed by atoms with E-state index in [0.717, 1.165) is 0 Å². The Hall–Kier alpha value is -2.96. The van der Waals surface area contributed by atoms with Gasteiger partial charge >= 0.3 is 0 Å². The van der Waals surface area contributed by atoms with Crippen molar-refractivity contribution in [3.8, 4) is 0 Å². The highest BCUT2D eigenvalue weighted by Crippen LogP contribution is 2.30.